The molecule has 2 aromatic rings. The number of benzene rings is 1. The Hall–Kier alpha value is -3.22. The number of amides is 2. The maximum atomic E-state index is 12.9. The number of carbonyl (C=O) groups is 2. The number of ether oxygens (including phenoxy) is 1. The molecule has 1 aliphatic heterocycles. The van der Waals surface area contributed by atoms with Gasteiger partial charge in [0.1, 0.15) is 5.60 Å². The van der Waals surface area contributed by atoms with E-state index in [0.717, 1.165) is 18.2 Å². The summed E-state index contributed by atoms with van der Waals surface area (Å²) in [5, 5.41) is 28.5. The van der Waals surface area contributed by atoms with Crippen molar-refractivity contribution in [3.8, 4) is 0 Å². The lowest BCUT2D eigenvalue weighted by atomic mass is 9.79. The molecular formula is C27H33F3N4O5. The van der Waals surface area contributed by atoms with Crippen LogP contribution in [0.2, 0.25) is 0 Å². The second kappa shape index (κ2) is 11.9. The molecule has 1 aliphatic carbocycles. The first-order valence-electron chi connectivity index (χ1n) is 13.0. The predicted octanol–water partition coefficient (Wildman–Crippen LogP) is 2.10. The third kappa shape index (κ3) is 6.87. The van der Waals surface area contributed by atoms with E-state index < -0.39 is 35.7 Å². The van der Waals surface area contributed by atoms with Gasteiger partial charge in [-0.2, -0.15) is 17.9 Å². The number of aliphatic hydroxyl groups is 1. The largest absolute Gasteiger partial charge is 0.618 e. The van der Waals surface area contributed by atoms with Gasteiger partial charge in [-0.3, -0.25) is 14.5 Å². The Morgan fingerprint density at radius 1 is 1.18 bits per heavy atom. The molecule has 9 nitrogen and oxygen atoms in total. The molecule has 2 fully saturated rings. The van der Waals surface area contributed by atoms with Gasteiger partial charge in [0, 0.05) is 43.4 Å². The van der Waals surface area contributed by atoms with Gasteiger partial charge in [-0.25, -0.2) is 0 Å². The van der Waals surface area contributed by atoms with E-state index in [0.29, 0.717) is 55.8 Å². The number of rotatable bonds is 8. The molecule has 212 valence electrons. The fourth-order valence-electron chi connectivity index (χ4n) is 5.47. The average molecular weight is 551 g/mol. The molecule has 1 aromatic carbocycles. The van der Waals surface area contributed by atoms with Crippen molar-refractivity contribution in [3.05, 3.63) is 70.7 Å². The van der Waals surface area contributed by atoms with Crippen molar-refractivity contribution in [2.24, 2.45) is 0 Å². The third-order valence-electron chi connectivity index (χ3n) is 7.48. The number of likely N-dealkylation sites (tertiary alicyclic amines) is 1. The molecule has 4 rings (SSSR count). The summed E-state index contributed by atoms with van der Waals surface area (Å²) in [6.07, 6.45) is -1.29. The summed E-state index contributed by atoms with van der Waals surface area (Å²) < 4.78 is 45.4. The van der Waals surface area contributed by atoms with E-state index in [9.17, 15) is 33.1 Å². The van der Waals surface area contributed by atoms with Crippen molar-refractivity contribution in [2.45, 2.75) is 62.6 Å². The summed E-state index contributed by atoms with van der Waals surface area (Å²) in [4.78, 5) is 27.2. The molecule has 12 heteroatoms. The number of alkyl halides is 3. The molecule has 2 heterocycles. The Bertz CT molecular complexity index is 1170. The van der Waals surface area contributed by atoms with Gasteiger partial charge in [-0.05, 0) is 56.9 Å². The highest BCUT2D eigenvalue weighted by atomic mass is 19.4. The molecule has 0 radical (unpaired) electrons. The maximum absolute atomic E-state index is 12.9. The summed E-state index contributed by atoms with van der Waals surface area (Å²) in [6.45, 7) is 2.99. The Morgan fingerprint density at radius 3 is 2.59 bits per heavy atom. The highest BCUT2D eigenvalue weighted by Gasteiger charge is 2.44. The molecule has 39 heavy (non-hydrogen) atoms. The Morgan fingerprint density at radius 2 is 1.92 bits per heavy atom. The topological polar surface area (TPSA) is 118 Å². The minimum absolute atomic E-state index is 0.138. The van der Waals surface area contributed by atoms with Crippen LogP contribution < -0.4 is 15.4 Å². The number of aromatic nitrogens is 1. The predicted molar refractivity (Wildman–Crippen MR) is 134 cm³/mol. The first-order valence-corrected chi connectivity index (χ1v) is 13.0. The zero-order valence-corrected chi connectivity index (χ0v) is 21.6. The van der Waals surface area contributed by atoms with Gasteiger partial charge in [-0.15, -0.1) is 0 Å². The SMILES string of the molecule is CCO[C@H]1CN(C2CCC(O)(c3cccc[n+]3[O-])CC2)C[C@@H]1NC(=O)CNC(=O)c1cccc(C(F)(F)F)c1. The summed E-state index contributed by atoms with van der Waals surface area (Å²) in [7, 11) is 0. The van der Waals surface area contributed by atoms with Crippen molar-refractivity contribution >= 4 is 11.8 Å². The van der Waals surface area contributed by atoms with Gasteiger partial charge in [0.2, 0.25) is 11.6 Å². The van der Waals surface area contributed by atoms with Crippen molar-refractivity contribution in [1.82, 2.24) is 15.5 Å². The molecule has 1 aromatic heterocycles. The van der Waals surface area contributed by atoms with E-state index in [4.69, 9.17) is 4.74 Å². The molecule has 1 saturated heterocycles. The minimum atomic E-state index is -4.58. The molecule has 2 aliphatic rings. The van der Waals surface area contributed by atoms with Crippen LogP contribution in [0.3, 0.4) is 0 Å². The van der Waals surface area contributed by atoms with Gasteiger partial charge in [0.15, 0.2) is 6.20 Å². The van der Waals surface area contributed by atoms with E-state index in [1.165, 1.54) is 12.3 Å². The van der Waals surface area contributed by atoms with E-state index in [1.54, 1.807) is 18.2 Å². The van der Waals surface area contributed by atoms with Gasteiger partial charge < -0.3 is 25.7 Å². The lowest BCUT2D eigenvalue weighted by Crippen LogP contribution is -2.48. The summed E-state index contributed by atoms with van der Waals surface area (Å²) in [6, 6.07) is 8.80. The van der Waals surface area contributed by atoms with E-state index in [-0.39, 0.29) is 23.8 Å². The zero-order chi connectivity index (χ0) is 28.2. The molecule has 0 spiro atoms. The number of nitrogens with zero attached hydrogens (tertiary/aromatic N) is 2. The Kier molecular flexibility index (Phi) is 8.77. The lowest BCUT2D eigenvalue weighted by Gasteiger charge is -2.38. The average Bonchev–Trinajstić information content (AvgIpc) is 3.29. The van der Waals surface area contributed by atoms with Crippen LogP contribution in [0.15, 0.2) is 48.7 Å². The summed E-state index contributed by atoms with van der Waals surface area (Å²) in [5.74, 6) is -1.26. The van der Waals surface area contributed by atoms with E-state index >= 15 is 0 Å². The smallest absolute Gasteiger partial charge is 0.416 e. The highest BCUT2D eigenvalue weighted by Crippen LogP contribution is 2.38. The van der Waals surface area contributed by atoms with Gasteiger partial charge in [-0.1, -0.05) is 6.07 Å². The third-order valence-corrected chi connectivity index (χ3v) is 7.48. The molecule has 2 amide bonds. The Labute approximate surface area is 224 Å². The van der Waals surface area contributed by atoms with Crippen LogP contribution in [0.5, 0.6) is 0 Å². The molecular weight excluding hydrogens is 517 g/mol. The van der Waals surface area contributed by atoms with Crippen molar-refractivity contribution in [1.29, 1.82) is 0 Å². The number of carbonyl (C=O) groups excluding carboxylic acids is 2. The highest BCUT2D eigenvalue weighted by molar-refractivity contribution is 5.96. The molecule has 3 N–H and O–H groups in total. The normalized spacial score (nSPS) is 25.8. The van der Waals surface area contributed by atoms with Crippen molar-refractivity contribution in [3.63, 3.8) is 0 Å². The van der Waals surface area contributed by atoms with Gasteiger partial charge >= 0.3 is 6.18 Å². The van der Waals surface area contributed by atoms with Crippen LogP contribution >= 0.6 is 0 Å². The number of hydrogen-bond acceptors (Lipinski definition) is 6. The molecule has 1 saturated carbocycles. The fourth-order valence-corrected chi connectivity index (χ4v) is 5.47. The van der Waals surface area contributed by atoms with E-state index in [2.05, 4.69) is 15.5 Å². The standard InChI is InChI=1S/C27H33F3N4O5/c1-2-39-22-17-33(20-9-11-26(37,12-10-20)23-8-3-4-13-34(23)38)16-21(22)32-24(35)15-31-25(36)18-6-5-7-19(14-18)27(28,29)30/h3-8,13-14,20-22,37H,2,9-12,15-17H2,1H3,(H,31,36)(H,32,35)/t20?,21-,22-,26?/m0/s1. The monoisotopic (exact) mass is 550 g/mol. The van der Waals surface area contributed by atoms with Crippen LogP contribution in [0, 0.1) is 5.21 Å². The Balaban J connectivity index is 1.31. The number of nitrogens with one attached hydrogen (secondary N) is 2. The lowest BCUT2D eigenvalue weighted by molar-refractivity contribution is -0.623. The quantitative estimate of drug-likeness (QED) is 0.342. The van der Waals surface area contributed by atoms with Crippen LogP contribution in [-0.2, 0) is 21.3 Å². The van der Waals surface area contributed by atoms with Crippen LogP contribution in [0.25, 0.3) is 0 Å². The minimum Gasteiger partial charge on any atom is -0.618 e. The number of pyridine rings is 1. The first kappa shape index (κ1) is 28.8. The van der Waals surface area contributed by atoms with Crippen LogP contribution in [-0.4, -0.2) is 66.2 Å². The molecule has 0 bridgehead atoms. The second-order valence-corrected chi connectivity index (χ2v) is 10.1. The summed E-state index contributed by atoms with van der Waals surface area (Å²) >= 11 is 0. The molecule has 2 atom stereocenters. The van der Waals surface area contributed by atoms with Gasteiger partial charge in [0.05, 0.1) is 24.3 Å². The van der Waals surface area contributed by atoms with Crippen molar-refractivity contribution in [2.75, 3.05) is 26.2 Å². The maximum Gasteiger partial charge on any atom is 0.416 e. The fraction of sp³-hybridized carbons (Fsp3) is 0.519. The van der Waals surface area contributed by atoms with Gasteiger partial charge in [0.25, 0.3) is 5.91 Å². The van der Waals surface area contributed by atoms with Crippen molar-refractivity contribution < 1.29 is 37.3 Å². The second-order valence-electron chi connectivity index (χ2n) is 10.1. The summed E-state index contributed by atoms with van der Waals surface area (Å²) in [5.41, 5.74) is -1.98. The number of halogens is 3. The zero-order valence-electron chi connectivity index (χ0n) is 21.6. The van der Waals surface area contributed by atoms with Crippen LogP contribution in [0.1, 0.15) is 54.2 Å². The first-order chi connectivity index (χ1) is 18.5. The van der Waals surface area contributed by atoms with E-state index in [1.807, 2.05) is 6.92 Å². The van der Waals surface area contributed by atoms with Crippen LogP contribution in [0.4, 0.5) is 13.2 Å². The number of hydrogen-bond donors (Lipinski definition) is 3. The molecule has 0 unspecified atom stereocenters.